The molecule has 0 aliphatic heterocycles. The Hall–Kier alpha value is -1.83. The Kier molecular flexibility index (Phi) is 2.68. The monoisotopic (exact) mass is 198 g/mol. The zero-order valence-corrected chi connectivity index (χ0v) is 9.01. The van der Waals surface area contributed by atoms with Crippen LogP contribution in [0.4, 0.5) is 5.69 Å². The van der Waals surface area contributed by atoms with Gasteiger partial charge in [0.2, 0.25) is 0 Å². The summed E-state index contributed by atoms with van der Waals surface area (Å²) in [5, 5.41) is 0. The van der Waals surface area contributed by atoms with E-state index in [-0.39, 0.29) is 0 Å². The van der Waals surface area contributed by atoms with Gasteiger partial charge in [-0.3, -0.25) is 4.98 Å². The summed E-state index contributed by atoms with van der Waals surface area (Å²) in [6.07, 6.45) is 3.67. The van der Waals surface area contributed by atoms with Crippen LogP contribution in [0.1, 0.15) is 0 Å². The largest absolute Gasteiger partial charge is 0.378 e. The molecule has 0 saturated heterocycles. The molecular weight excluding hydrogens is 184 g/mol. The Morgan fingerprint density at radius 2 is 1.80 bits per heavy atom. The lowest BCUT2D eigenvalue weighted by Crippen LogP contribution is -2.08. The Bertz CT molecular complexity index is 435. The van der Waals surface area contributed by atoms with Gasteiger partial charge in [0.05, 0.1) is 0 Å². The van der Waals surface area contributed by atoms with E-state index in [1.54, 1.807) is 6.20 Å². The van der Waals surface area contributed by atoms with Gasteiger partial charge >= 0.3 is 0 Å². The number of anilines is 1. The molecule has 0 radical (unpaired) electrons. The maximum Gasteiger partial charge on any atom is 0.0367 e. The highest BCUT2D eigenvalue weighted by Gasteiger charge is 1.99. The van der Waals surface area contributed by atoms with Gasteiger partial charge in [0.15, 0.2) is 0 Å². The molecule has 0 saturated carbocycles. The molecule has 1 heterocycles. The summed E-state index contributed by atoms with van der Waals surface area (Å²) < 4.78 is 0. The number of hydrogen-bond acceptors (Lipinski definition) is 2. The number of pyridine rings is 1. The van der Waals surface area contributed by atoms with Gasteiger partial charge in [0.1, 0.15) is 0 Å². The third-order valence-electron chi connectivity index (χ3n) is 2.36. The van der Waals surface area contributed by atoms with Gasteiger partial charge in [0.25, 0.3) is 0 Å². The predicted molar refractivity (Wildman–Crippen MR) is 64.0 cm³/mol. The third-order valence-corrected chi connectivity index (χ3v) is 2.36. The van der Waals surface area contributed by atoms with Gasteiger partial charge in [-0.05, 0) is 23.8 Å². The van der Waals surface area contributed by atoms with E-state index >= 15 is 0 Å². The van der Waals surface area contributed by atoms with Gasteiger partial charge in [-0.2, -0.15) is 0 Å². The normalized spacial score (nSPS) is 10.0. The van der Waals surface area contributed by atoms with Crippen molar-refractivity contribution in [3.8, 4) is 11.1 Å². The number of aromatic nitrogens is 1. The van der Waals surface area contributed by atoms with E-state index in [1.807, 2.05) is 26.4 Å². The molecule has 2 aromatic rings. The standard InChI is InChI=1S/C13H14N2/c1-15(2)13-7-3-5-11(9-13)12-6-4-8-14-10-12/h3-10H,1-2H3. The first-order valence-corrected chi connectivity index (χ1v) is 4.95. The molecule has 2 rings (SSSR count). The second kappa shape index (κ2) is 4.13. The van der Waals surface area contributed by atoms with Crippen molar-refractivity contribution in [2.24, 2.45) is 0 Å². The fraction of sp³-hybridized carbons (Fsp3) is 0.154. The van der Waals surface area contributed by atoms with Crippen molar-refractivity contribution in [2.45, 2.75) is 0 Å². The second-order valence-electron chi connectivity index (χ2n) is 3.69. The van der Waals surface area contributed by atoms with E-state index in [0.717, 1.165) is 5.56 Å². The summed E-state index contributed by atoms with van der Waals surface area (Å²) in [7, 11) is 4.09. The maximum absolute atomic E-state index is 4.12. The van der Waals surface area contributed by atoms with Crippen molar-refractivity contribution in [1.29, 1.82) is 0 Å². The molecule has 2 nitrogen and oxygen atoms in total. The smallest absolute Gasteiger partial charge is 0.0367 e. The molecule has 0 unspecified atom stereocenters. The van der Waals surface area contributed by atoms with Gasteiger partial charge in [-0.1, -0.05) is 18.2 Å². The van der Waals surface area contributed by atoms with Crippen molar-refractivity contribution in [1.82, 2.24) is 4.98 Å². The van der Waals surface area contributed by atoms with Gasteiger partial charge in [-0.15, -0.1) is 0 Å². The number of nitrogens with zero attached hydrogens (tertiary/aromatic N) is 2. The number of benzene rings is 1. The van der Waals surface area contributed by atoms with Crippen LogP contribution in [0.5, 0.6) is 0 Å². The molecule has 0 aliphatic carbocycles. The average Bonchev–Trinajstić information content (AvgIpc) is 2.30. The predicted octanol–water partition coefficient (Wildman–Crippen LogP) is 2.81. The number of hydrogen-bond donors (Lipinski definition) is 0. The molecule has 0 N–H and O–H groups in total. The lowest BCUT2D eigenvalue weighted by atomic mass is 10.1. The van der Waals surface area contributed by atoms with Gasteiger partial charge in [-0.25, -0.2) is 0 Å². The van der Waals surface area contributed by atoms with E-state index in [9.17, 15) is 0 Å². The highest BCUT2D eigenvalue weighted by Crippen LogP contribution is 2.22. The summed E-state index contributed by atoms with van der Waals surface area (Å²) >= 11 is 0. The molecule has 1 aromatic carbocycles. The number of rotatable bonds is 2. The average molecular weight is 198 g/mol. The molecule has 76 valence electrons. The highest BCUT2D eigenvalue weighted by atomic mass is 15.1. The summed E-state index contributed by atoms with van der Waals surface area (Å²) in [4.78, 5) is 6.22. The first kappa shape index (κ1) is 9.71. The lowest BCUT2D eigenvalue weighted by molar-refractivity contribution is 1.13. The first-order valence-electron chi connectivity index (χ1n) is 4.95. The first-order chi connectivity index (χ1) is 7.27. The molecular formula is C13H14N2. The molecule has 15 heavy (non-hydrogen) atoms. The molecule has 2 heteroatoms. The zero-order chi connectivity index (χ0) is 10.7. The zero-order valence-electron chi connectivity index (χ0n) is 9.01. The SMILES string of the molecule is CN(C)c1cccc(-c2cccnc2)c1. The summed E-state index contributed by atoms with van der Waals surface area (Å²) in [6, 6.07) is 12.5. The molecule has 0 spiro atoms. The quantitative estimate of drug-likeness (QED) is 0.737. The Morgan fingerprint density at radius 1 is 1.00 bits per heavy atom. The van der Waals surface area contributed by atoms with E-state index in [4.69, 9.17) is 0 Å². The Balaban J connectivity index is 2.42. The molecule has 0 bridgehead atoms. The summed E-state index contributed by atoms with van der Waals surface area (Å²) in [5.74, 6) is 0. The van der Waals surface area contributed by atoms with E-state index in [2.05, 4.69) is 40.2 Å². The maximum atomic E-state index is 4.12. The van der Waals surface area contributed by atoms with Crippen molar-refractivity contribution >= 4 is 5.69 Å². The van der Waals surface area contributed by atoms with Crippen LogP contribution >= 0.6 is 0 Å². The Morgan fingerprint density at radius 3 is 2.47 bits per heavy atom. The molecule has 1 aromatic heterocycles. The fourth-order valence-electron chi connectivity index (χ4n) is 1.50. The van der Waals surface area contributed by atoms with Crippen molar-refractivity contribution in [2.75, 3.05) is 19.0 Å². The highest BCUT2D eigenvalue weighted by molar-refractivity contribution is 5.67. The molecule has 0 fully saturated rings. The van der Waals surface area contributed by atoms with Crippen LogP contribution in [0.3, 0.4) is 0 Å². The third kappa shape index (κ3) is 2.15. The topological polar surface area (TPSA) is 16.1 Å². The van der Waals surface area contributed by atoms with Crippen LogP contribution in [0, 0.1) is 0 Å². The molecule has 0 amide bonds. The Labute approximate surface area is 90.2 Å². The van der Waals surface area contributed by atoms with Crippen LogP contribution in [0.25, 0.3) is 11.1 Å². The fourth-order valence-corrected chi connectivity index (χ4v) is 1.50. The van der Waals surface area contributed by atoms with Crippen molar-refractivity contribution < 1.29 is 0 Å². The lowest BCUT2D eigenvalue weighted by Gasteiger charge is -2.13. The van der Waals surface area contributed by atoms with Crippen molar-refractivity contribution in [3.05, 3.63) is 48.8 Å². The minimum atomic E-state index is 1.15. The minimum absolute atomic E-state index is 1.15. The van der Waals surface area contributed by atoms with Crippen LogP contribution in [0.15, 0.2) is 48.8 Å². The van der Waals surface area contributed by atoms with E-state index < -0.39 is 0 Å². The summed E-state index contributed by atoms with van der Waals surface area (Å²) in [6.45, 7) is 0. The molecule has 0 atom stereocenters. The van der Waals surface area contributed by atoms with Crippen LogP contribution < -0.4 is 4.90 Å². The van der Waals surface area contributed by atoms with Gasteiger partial charge < -0.3 is 4.90 Å². The van der Waals surface area contributed by atoms with Crippen LogP contribution in [0.2, 0.25) is 0 Å². The molecule has 0 aliphatic rings. The minimum Gasteiger partial charge on any atom is -0.378 e. The van der Waals surface area contributed by atoms with Gasteiger partial charge in [0, 0.05) is 37.7 Å². The van der Waals surface area contributed by atoms with E-state index in [1.165, 1.54) is 11.3 Å². The van der Waals surface area contributed by atoms with Crippen LogP contribution in [-0.4, -0.2) is 19.1 Å². The van der Waals surface area contributed by atoms with E-state index in [0.29, 0.717) is 0 Å². The summed E-state index contributed by atoms with van der Waals surface area (Å²) in [5.41, 5.74) is 3.56. The second-order valence-corrected chi connectivity index (χ2v) is 3.69. The van der Waals surface area contributed by atoms with Crippen molar-refractivity contribution in [3.63, 3.8) is 0 Å². The van der Waals surface area contributed by atoms with Crippen LogP contribution in [-0.2, 0) is 0 Å².